The van der Waals surface area contributed by atoms with Crippen LogP contribution in [-0.2, 0) is 22.4 Å². The molecule has 0 saturated heterocycles. The highest BCUT2D eigenvalue weighted by Crippen LogP contribution is 2.49. The van der Waals surface area contributed by atoms with E-state index in [1.54, 1.807) is 0 Å². The number of phenols is 1. The molecule has 1 aromatic carbocycles. The normalized spacial score (nSPS) is 18.9. The van der Waals surface area contributed by atoms with Gasteiger partial charge < -0.3 is 9.84 Å². The average molecular weight is 373 g/mol. The topological polar surface area (TPSA) is 46.5 Å². The molecule has 3 rings (SSSR count). The number of unbranched alkanes of at least 4 members (excludes halogenated alkanes) is 4. The van der Waals surface area contributed by atoms with Gasteiger partial charge in [-0.2, -0.15) is 0 Å². The van der Waals surface area contributed by atoms with Crippen molar-refractivity contribution in [1.82, 2.24) is 0 Å². The Labute approximate surface area is 164 Å². The molecule has 3 nitrogen and oxygen atoms in total. The molecule has 2 aliphatic carbocycles. The standard InChI is InChI=1S/C24H36O3/c1-23(14-15-23)12-6-3-2-4-8-20-10-11-21(22(26)18-20)9-5-7-13-24(16-17-24)27-19-25/h10-11,18-19,26H,2-9,12-17H2,1H3. The van der Waals surface area contributed by atoms with E-state index in [2.05, 4.69) is 19.1 Å². The minimum absolute atomic E-state index is 0.149. The van der Waals surface area contributed by atoms with Crippen molar-refractivity contribution in [3.63, 3.8) is 0 Å². The number of ether oxygens (including phenoxy) is 1. The molecule has 0 atom stereocenters. The number of hydrogen-bond acceptors (Lipinski definition) is 3. The molecule has 1 aromatic rings. The van der Waals surface area contributed by atoms with E-state index in [0.29, 0.717) is 17.6 Å². The number of aryl methyl sites for hydroxylation is 2. The van der Waals surface area contributed by atoms with Crippen LogP contribution in [0.5, 0.6) is 5.75 Å². The van der Waals surface area contributed by atoms with E-state index in [1.807, 2.05) is 6.07 Å². The summed E-state index contributed by atoms with van der Waals surface area (Å²) in [5, 5.41) is 10.3. The zero-order chi connectivity index (χ0) is 19.2. The molecule has 2 fully saturated rings. The van der Waals surface area contributed by atoms with Gasteiger partial charge in [0.05, 0.1) is 0 Å². The summed E-state index contributed by atoms with van der Waals surface area (Å²) in [6.45, 7) is 3.01. The minimum Gasteiger partial charge on any atom is -0.508 e. The Bertz CT molecular complexity index is 614. The lowest BCUT2D eigenvalue weighted by Crippen LogP contribution is -2.12. The molecule has 0 amide bonds. The van der Waals surface area contributed by atoms with Crippen LogP contribution in [0.15, 0.2) is 18.2 Å². The molecule has 0 bridgehead atoms. The SMILES string of the molecule is CC1(CCCCCCc2ccc(CCCCC3(OC=O)CC3)c(O)c2)CC1. The van der Waals surface area contributed by atoms with Crippen LogP contribution < -0.4 is 0 Å². The van der Waals surface area contributed by atoms with Gasteiger partial charge in [-0.3, -0.25) is 4.79 Å². The third-order valence-corrected chi connectivity index (χ3v) is 6.68. The summed E-state index contributed by atoms with van der Waals surface area (Å²) in [6.07, 6.45) is 16.5. The molecule has 0 aliphatic heterocycles. The van der Waals surface area contributed by atoms with E-state index in [0.717, 1.165) is 50.5 Å². The van der Waals surface area contributed by atoms with Crippen LogP contribution in [0.25, 0.3) is 0 Å². The Balaban J connectivity index is 1.29. The Morgan fingerprint density at radius 1 is 0.963 bits per heavy atom. The molecule has 1 N–H and O–H groups in total. The summed E-state index contributed by atoms with van der Waals surface area (Å²) in [4.78, 5) is 10.5. The Kier molecular flexibility index (Phi) is 6.83. The number of hydrogen-bond donors (Lipinski definition) is 1. The monoisotopic (exact) mass is 372 g/mol. The first-order valence-corrected chi connectivity index (χ1v) is 11.0. The fraction of sp³-hybridized carbons (Fsp3) is 0.708. The van der Waals surface area contributed by atoms with E-state index in [1.165, 1.54) is 50.5 Å². The average Bonchev–Trinajstić information content (AvgIpc) is 3.56. The van der Waals surface area contributed by atoms with Crippen molar-refractivity contribution < 1.29 is 14.6 Å². The number of carbonyl (C=O) groups is 1. The van der Waals surface area contributed by atoms with Crippen LogP contribution in [-0.4, -0.2) is 17.2 Å². The van der Waals surface area contributed by atoms with Crippen molar-refractivity contribution in [3.05, 3.63) is 29.3 Å². The summed E-state index contributed by atoms with van der Waals surface area (Å²) < 4.78 is 5.18. The number of benzene rings is 1. The van der Waals surface area contributed by atoms with E-state index in [4.69, 9.17) is 4.74 Å². The first kappa shape index (κ1) is 20.2. The van der Waals surface area contributed by atoms with Gasteiger partial charge in [-0.05, 0) is 93.2 Å². The number of phenolic OH excluding ortho intramolecular Hbond substituents is 1. The second-order valence-electron chi connectivity index (χ2n) is 9.29. The molecule has 150 valence electrons. The quantitative estimate of drug-likeness (QED) is 0.317. The molecular weight excluding hydrogens is 336 g/mol. The van der Waals surface area contributed by atoms with Gasteiger partial charge in [-0.15, -0.1) is 0 Å². The molecule has 0 unspecified atom stereocenters. The van der Waals surface area contributed by atoms with E-state index in [-0.39, 0.29) is 5.60 Å². The molecule has 0 radical (unpaired) electrons. The van der Waals surface area contributed by atoms with Gasteiger partial charge in [0.2, 0.25) is 0 Å². The summed E-state index contributed by atoms with van der Waals surface area (Å²) in [5.41, 5.74) is 2.84. The zero-order valence-electron chi connectivity index (χ0n) is 17.0. The molecule has 2 saturated carbocycles. The van der Waals surface area contributed by atoms with Crippen molar-refractivity contribution in [3.8, 4) is 5.75 Å². The van der Waals surface area contributed by atoms with Crippen molar-refractivity contribution in [2.75, 3.05) is 0 Å². The second-order valence-corrected chi connectivity index (χ2v) is 9.29. The third-order valence-electron chi connectivity index (χ3n) is 6.68. The molecule has 3 heteroatoms. The fourth-order valence-corrected chi connectivity index (χ4v) is 4.11. The van der Waals surface area contributed by atoms with Gasteiger partial charge >= 0.3 is 0 Å². The lowest BCUT2D eigenvalue weighted by molar-refractivity contribution is -0.135. The number of aromatic hydroxyl groups is 1. The Hall–Kier alpha value is -1.51. The first-order valence-electron chi connectivity index (χ1n) is 11.0. The van der Waals surface area contributed by atoms with E-state index >= 15 is 0 Å². The Morgan fingerprint density at radius 3 is 2.33 bits per heavy atom. The van der Waals surface area contributed by atoms with Crippen LogP contribution in [0.2, 0.25) is 0 Å². The molecule has 27 heavy (non-hydrogen) atoms. The highest BCUT2D eigenvalue weighted by molar-refractivity contribution is 5.39. The van der Waals surface area contributed by atoms with Crippen molar-refractivity contribution in [2.45, 2.75) is 102 Å². The zero-order valence-corrected chi connectivity index (χ0v) is 17.0. The lowest BCUT2D eigenvalue weighted by Gasteiger charge is -2.13. The highest BCUT2D eigenvalue weighted by atomic mass is 16.5. The van der Waals surface area contributed by atoms with Gasteiger partial charge in [-0.1, -0.05) is 38.3 Å². The number of carbonyl (C=O) groups excluding carboxylic acids is 1. The fourth-order valence-electron chi connectivity index (χ4n) is 4.11. The van der Waals surface area contributed by atoms with Gasteiger partial charge in [-0.25, -0.2) is 0 Å². The summed E-state index contributed by atoms with van der Waals surface area (Å²) in [5.74, 6) is 0.444. The minimum atomic E-state index is -0.149. The maximum Gasteiger partial charge on any atom is 0.293 e. The summed E-state index contributed by atoms with van der Waals surface area (Å²) in [6, 6.07) is 6.23. The van der Waals surface area contributed by atoms with Crippen LogP contribution in [0.3, 0.4) is 0 Å². The number of rotatable bonds is 14. The van der Waals surface area contributed by atoms with Gasteiger partial charge in [0.1, 0.15) is 11.4 Å². The second kappa shape index (κ2) is 9.12. The molecule has 0 aromatic heterocycles. The molecule has 0 spiro atoms. The predicted molar refractivity (Wildman–Crippen MR) is 109 cm³/mol. The molecular formula is C24H36O3. The smallest absolute Gasteiger partial charge is 0.293 e. The maximum atomic E-state index is 10.5. The van der Waals surface area contributed by atoms with Crippen molar-refractivity contribution >= 4 is 6.47 Å². The Morgan fingerprint density at radius 2 is 1.67 bits per heavy atom. The van der Waals surface area contributed by atoms with Crippen LogP contribution in [0.1, 0.15) is 95.1 Å². The maximum absolute atomic E-state index is 10.5. The van der Waals surface area contributed by atoms with E-state index < -0.39 is 0 Å². The van der Waals surface area contributed by atoms with Gasteiger partial charge in [0.25, 0.3) is 6.47 Å². The summed E-state index contributed by atoms with van der Waals surface area (Å²) in [7, 11) is 0. The van der Waals surface area contributed by atoms with Crippen molar-refractivity contribution in [1.29, 1.82) is 0 Å². The van der Waals surface area contributed by atoms with Crippen molar-refractivity contribution in [2.24, 2.45) is 5.41 Å². The van der Waals surface area contributed by atoms with Crippen LogP contribution >= 0.6 is 0 Å². The van der Waals surface area contributed by atoms with E-state index in [9.17, 15) is 9.90 Å². The third kappa shape index (κ3) is 6.55. The largest absolute Gasteiger partial charge is 0.508 e. The van der Waals surface area contributed by atoms with Gasteiger partial charge in [0.15, 0.2) is 0 Å². The first-order chi connectivity index (χ1) is 13.0. The van der Waals surface area contributed by atoms with Gasteiger partial charge in [0, 0.05) is 0 Å². The van der Waals surface area contributed by atoms with Crippen LogP contribution in [0.4, 0.5) is 0 Å². The van der Waals surface area contributed by atoms with Crippen LogP contribution in [0, 0.1) is 5.41 Å². The highest BCUT2D eigenvalue weighted by Gasteiger charge is 2.44. The predicted octanol–water partition coefficient (Wildman–Crippen LogP) is 6.10. The lowest BCUT2D eigenvalue weighted by atomic mass is 9.98. The molecule has 0 heterocycles. The molecule has 2 aliphatic rings. The summed E-state index contributed by atoms with van der Waals surface area (Å²) >= 11 is 0.